The summed E-state index contributed by atoms with van der Waals surface area (Å²) in [5.41, 5.74) is 6.94. The van der Waals surface area contributed by atoms with Crippen molar-refractivity contribution in [2.45, 2.75) is 24.6 Å². The highest BCUT2D eigenvalue weighted by Crippen LogP contribution is 2.40. The van der Waals surface area contributed by atoms with Gasteiger partial charge in [-0.1, -0.05) is 5.16 Å². The molecule has 0 spiro atoms. The molecular weight excluding hydrogens is 566 g/mol. The number of oxime groups is 1. The van der Waals surface area contributed by atoms with Crippen LogP contribution >= 0.6 is 23.1 Å². The van der Waals surface area contributed by atoms with Crippen molar-refractivity contribution >= 4 is 63.2 Å². The Balaban J connectivity index is 1.34. The molecule has 5 rings (SSSR count). The summed E-state index contributed by atoms with van der Waals surface area (Å²) in [4.78, 5) is 58.8. The average molecular weight is 588 g/mol. The van der Waals surface area contributed by atoms with Crippen LogP contribution in [-0.4, -0.2) is 77.7 Å². The van der Waals surface area contributed by atoms with Crippen LogP contribution < -0.4 is 20.7 Å². The van der Waals surface area contributed by atoms with Crippen molar-refractivity contribution in [2.24, 2.45) is 5.16 Å². The Morgan fingerprint density at radius 2 is 2.15 bits per heavy atom. The van der Waals surface area contributed by atoms with Gasteiger partial charge in [0, 0.05) is 22.4 Å². The fourth-order valence-electron chi connectivity index (χ4n) is 4.36. The summed E-state index contributed by atoms with van der Waals surface area (Å²) in [5.74, 6) is -4.13. The van der Waals surface area contributed by atoms with Gasteiger partial charge in [-0.15, -0.1) is 23.1 Å². The third-order valence-electron chi connectivity index (χ3n) is 6.13. The van der Waals surface area contributed by atoms with Crippen molar-refractivity contribution in [3.8, 4) is 0 Å². The topological polar surface area (TPSA) is 216 Å². The number of hydrogen-bond donors (Lipinski definition) is 4. The van der Waals surface area contributed by atoms with Gasteiger partial charge >= 0.3 is 5.97 Å². The number of β-lactam (4-membered cyclic amide) rings is 1. The summed E-state index contributed by atoms with van der Waals surface area (Å²) < 4.78 is 3.56. The molecule has 40 heavy (non-hydrogen) atoms. The monoisotopic (exact) mass is 587 g/mol. The molecule has 3 aromatic heterocycles. The minimum absolute atomic E-state index is 0.0195. The molecule has 2 aliphatic rings. The smallest absolute Gasteiger partial charge is 0.344 e. The first-order valence-electron chi connectivity index (χ1n) is 11.6. The van der Waals surface area contributed by atoms with E-state index in [2.05, 4.69) is 15.5 Å². The highest BCUT2D eigenvalue weighted by atomic mass is 32.2. The first-order valence-corrected chi connectivity index (χ1v) is 13.5. The number of nitrogens with two attached hydrogens (primary N) is 1. The van der Waals surface area contributed by atoms with Crippen LogP contribution in [0.25, 0.3) is 5.52 Å². The van der Waals surface area contributed by atoms with Crippen molar-refractivity contribution in [1.29, 1.82) is 0 Å². The van der Waals surface area contributed by atoms with Gasteiger partial charge in [0.25, 0.3) is 11.8 Å². The zero-order valence-corrected chi connectivity index (χ0v) is 22.1. The summed E-state index contributed by atoms with van der Waals surface area (Å²) >= 11 is 2.28. The predicted octanol–water partition coefficient (Wildman–Crippen LogP) is -2.33. The molecule has 5 N–H and O–H groups in total. The molecule has 0 bridgehead atoms. The molecule has 5 heterocycles. The molecule has 2 aliphatic heterocycles. The van der Waals surface area contributed by atoms with Gasteiger partial charge in [-0.25, -0.2) is 9.78 Å². The number of carbonyl (C=O) groups is 4. The number of carbonyl (C=O) groups excluding carboxylic acids is 3. The zero-order chi connectivity index (χ0) is 28.6. The predicted molar refractivity (Wildman–Crippen MR) is 137 cm³/mol. The van der Waals surface area contributed by atoms with Gasteiger partial charge in [0.05, 0.1) is 24.5 Å². The second kappa shape index (κ2) is 10.9. The molecule has 2 atom stereocenters. The highest BCUT2D eigenvalue weighted by molar-refractivity contribution is 8.00. The van der Waals surface area contributed by atoms with Crippen LogP contribution in [0.3, 0.4) is 0 Å². The fourth-order valence-corrected chi connectivity index (χ4v) is 6.25. The number of nitrogens with one attached hydrogen (secondary N) is 1. The molecule has 0 radical (unpaired) electrons. The number of thioether (sulfide) groups is 1. The Labute approximate surface area is 233 Å². The number of carboxylic acid groups (broad SMARTS) is 2. The summed E-state index contributed by atoms with van der Waals surface area (Å²) in [6, 6.07) is 2.51. The Kier molecular flexibility index (Phi) is 7.42. The van der Waals surface area contributed by atoms with Gasteiger partial charge in [0.2, 0.25) is 6.61 Å². The lowest BCUT2D eigenvalue weighted by molar-refractivity contribution is -0.688. The molecule has 3 aromatic rings. The molecule has 0 aromatic carbocycles. The molecule has 0 saturated carbocycles. The van der Waals surface area contributed by atoms with Gasteiger partial charge in [-0.2, -0.15) is 4.57 Å². The van der Waals surface area contributed by atoms with E-state index in [-0.39, 0.29) is 41.1 Å². The van der Waals surface area contributed by atoms with Crippen LogP contribution in [0.1, 0.15) is 11.4 Å². The maximum Gasteiger partial charge on any atom is 0.344 e. The summed E-state index contributed by atoms with van der Waals surface area (Å²) in [5, 5.41) is 37.3. The number of anilines is 1. The summed E-state index contributed by atoms with van der Waals surface area (Å²) in [6.07, 6.45) is 5.26. The third-order valence-corrected chi connectivity index (χ3v) is 8.14. The quantitative estimate of drug-likeness (QED) is 0.0853. The van der Waals surface area contributed by atoms with E-state index < -0.39 is 41.8 Å². The Bertz CT molecular complexity index is 1600. The van der Waals surface area contributed by atoms with Crippen LogP contribution in [0.4, 0.5) is 5.13 Å². The molecule has 0 unspecified atom stereocenters. The highest BCUT2D eigenvalue weighted by Gasteiger charge is 2.53. The van der Waals surface area contributed by atoms with Crippen LogP contribution in [0.2, 0.25) is 0 Å². The second-order valence-electron chi connectivity index (χ2n) is 8.66. The van der Waals surface area contributed by atoms with E-state index in [4.69, 9.17) is 15.7 Å². The minimum atomic E-state index is -1.52. The zero-order valence-electron chi connectivity index (χ0n) is 20.4. The molecular formula is C23H21N7O8S2. The molecule has 0 aliphatic carbocycles. The average Bonchev–Trinajstić information content (AvgIpc) is 3.54. The fraction of sp³-hybridized carbons (Fsp3) is 0.261. The number of aliphatic hydroxyl groups excluding tert-OH is 1. The van der Waals surface area contributed by atoms with Gasteiger partial charge in [-0.3, -0.25) is 14.5 Å². The Hall–Kier alpha value is -4.48. The van der Waals surface area contributed by atoms with Crippen LogP contribution in [0, 0.1) is 0 Å². The number of thiazole rings is 1. The van der Waals surface area contributed by atoms with E-state index in [0.717, 1.165) is 21.8 Å². The van der Waals surface area contributed by atoms with Gasteiger partial charge < -0.3 is 40.4 Å². The summed E-state index contributed by atoms with van der Waals surface area (Å²) in [6.45, 7) is -0.778. The van der Waals surface area contributed by atoms with Crippen molar-refractivity contribution in [3.05, 3.63) is 58.8 Å². The SMILES string of the molecule is Nc1nc(/C(=N/OCC(=O)O)C(=O)N[C@@H]2C(=O)N3C(C(=O)[O-])=C(C[n+]4ccn5c(CO)ccc5c4)CS[C@H]23)cs1. The Morgan fingerprint density at radius 3 is 2.83 bits per heavy atom. The first kappa shape index (κ1) is 27.1. The molecule has 1 fully saturated rings. The number of hydrogen-bond acceptors (Lipinski definition) is 12. The van der Waals surface area contributed by atoms with Crippen molar-refractivity contribution in [3.63, 3.8) is 0 Å². The standard InChI is InChI=1S/C23H21N7O8S2/c24-23-25-14(10-40-23)16(27-38-8-15(32)33)19(34)26-17-20(35)30-18(22(36)37)11(9-39-21(17)30)5-28-3-4-29-12(6-28)1-2-13(29)7-31/h1-4,6,10,17,21,31H,5,7-9H2,(H4-,24,25,26,32,33,34,36,37)/b27-16-/t17-,21-/m1/s1. The number of rotatable bonds is 10. The van der Waals surface area contributed by atoms with E-state index >= 15 is 0 Å². The number of fused-ring (bicyclic) bond motifs is 2. The normalized spacial score (nSPS) is 18.9. The number of nitrogen functional groups attached to an aromatic ring is 1. The minimum Gasteiger partial charge on any atom is -0.543 e. The number of aromatic nitrogens is 3. The number of aliphatic carboxylic acids is 2. The van der Waals surface area contributed by atoms with E-state index in [1.54, 1.807) is 33.6 Å². The molecule has 17 heteroatoms. The molecule has 208 valence electrons. The van der Waals surface area contributed by atoms with Crippen molar-refractivity contribution < 1.29 is 43.9 Å². The summed E-state index contributed by atoms with van der Waals surface area (Å²) in [7, 11) is 0. The van der Waals surface area contributed by atoms with Crippen molar-refractivity contribution in [2.75, 3.05) is 18.1 Å². The lowest BCUT2D eigenvalue weighted by atomic mass is 10.0. The molecule has 15 nitrogen and oxygen atoms in total. The maximum atomic E-state index is 13.1. The number of amides is 2. The first-order chi connectivity index (χ1) is 19.2. The number of carboxylic acids is 2. The van der Waals surface area contributed by atoms with E-state index in [9.17, 15) is 29.4 Å². The second-order valence-corrected chi connectivity index (χ2v) is 10.7. The van der Waals surface area contributed by atoms with Crippen LogP contribution in [-0.2, 0) is 37.2 Å². The molecule has 2 amide bonds. The van der Waals surface area contributed by atoms with Crippen LogP contribution in [0.5, 0.6) is 0 Å². The number of nitrogens with zero attached hydrogens (tertiary/aromatic N) is 5. The van der Waals surface area contributed by atoms with Gasteiger partial charge in [-0.05, 0) is 12.1 Å². The maximum absolute atomic E-state index is 13.1. The van der Waals surface area contributed by atoms with E-state index in [0.29, 0.717) is 11.3 Å². The van der Waals surface area contributed by atoms with E-state index in [1.165, 1.54) is 17.1 Å². The largest absolute Gasteiger partial charge is 0.543 e. The number of aliphatic hydroxyl groups is 1. The Morgan fingerprint density at radius 1 is 1.35 bits per heavy atom. The van der Waals surface area contributed by atoms with E-state index in [1.807, 2.05) is 6.07 Å². The van der Waals surface area contributed by atoms with Gasteiger partial charge in [0.1, 0.15) is 22.6 Å². The lowest BCUT2D eigenvalue weighted by Crippen LogP contribution is -2.71. The molecule has 1 saturated heterocycles. The van der Waals surface area contributed by atoms with Crippen LogP contribution in [0.15, 0.2) is 52.5 Å². The lowest BCUT2D eigenvalue weighted by Gasteiger charge is -2.50. The van der Waals surface area contributed by atoms with Crippen molar-refractivity contribution in [1.82, 2.24) is 19.6 Å². The van der Waals surface area contributed by atoms with Gasteiger partial charge in [0.15, 0.2) is 29.8 Å². The third kappa shape index (κ3) is 5.08.